The molecule has 1 N–H and O–H groups in total. The van der Waals surface area contributed by atoms with Crippen LogP contribution in [0.2, 0.25) is 0 Å². The molecule has 1 aliphatic carbocycles. The summed E-state index contributed by atoms with van der Waals surface area (Å²) in [6.07, 6.45) is 4.19. The Morgan fingerprint density at radius 3 is 1.63 bits per heavy atom. The molecule has 11 aromatic carbocycles. The Kier molecular flexibility index (Phi) is 13.4. The molecule has 404 valence electrons. The number of benzene rings is 11. The van der Waals surface area contributed by atoms with Crippen LogP contribution in [0.3, 0.4) is 0 Å². The van der Waals surface area contributed by atoms with E-state index in [9.17, 15) is 7.85 Å². The standard InChI is InChI=1S/C80H63N3O/c1-80(65-31-13-5-14-32-65,66-33-15-6-16-34-66)67-44-42-58(43-45-67)61-47-48-81-74(54-61)64-52-62(57-25-7-2-8-26-57)51-63(53-64)69-37-22-40-76-77(69)82-79(72-39-21-38-71(78(72)84)70-36-20-19-35-68(70)59-27-9-3-10-28-59)83(76)75-46-41-56(49-55-23-17-18-24-55)50-73(75)60-29-11-4-12-30-60/h2-16,19-22,25-48,50-55,84H,17-18,23-24,49H2,1H3/i49D2. The molecule has 13 aromatic rings. The molecule has 4 nitrogen and oxygen atoms in total. The number of fused-ring (bicyclic) bond motifs is 1. The van der Waals surface area contributed by atoms with E-state index in [1.165, 1.54) is 16.7 Å². The van der Waals surface area contributed by atoms with Gasteiger partial charge in [-0.05, 0) is 146 Å². The van der Waals surface area contributed by atoms with Gasteiger partial charge in [-0.2, -0.15) is 0 Å². The third-order valence-corrected chi connectivity index (χ3v) is 17.2. The summed E-state index contributed by atoms with van der Waals surface area (Å²) in [6, 6.07) is 99.2. The molecule has 4 heteroatoms. The summed E-state index contributed by atoms with van der Waals surface area (Å²) < 4.78 is 21.4. The first-order chi connectivity index (χ1) is 42.2. The zero-order chi connectivity index (χ0) is 58.2. The number of para-hydroxylation sites is 2. The largest absolute Gasteiger partial charge is 0.507 e. The Morgan fingerprint density at radius 1 is 0.429 bits per heavy atom. The summed E-state index contributed by atoms with van der Waals surface area (Å²) in [5, 5.41) is 13.0. The van der Waals surface area contributed by atoms with Crippen LogP contribution >= 0.6 is 0 Å². The van der Waals surface area contributed by atoms with Crippen LogP contribution < -0.4 is 0 Å². The molecular weight excluding hydrogens is 1020 g/mol. The van der Waals surface area contributed by atoms with Gasteiger partial charge >= 0.3 is 0 Å². The predicted octanol–water partition coefficient (Wildman–Crippen LogP) is 20.5. The van der Waals surface area contributed by atoms with Gasteiger partial charge in [0, 0.05) is 36.6 Å². The van der Waals surface area contributed by atoms with Crippen molar-refractivity contribution in [1.29, 1.82) is 0 Å². The molecule has 2 heterocycles. The van der Waals surface area contributed by atoms with Gasteiger partial charge in [0.1, 0.15) is 11.6 Å². The molecule has 0 atom stereocenters. The second-order valence-electron chi connectivity index (χ2n) is 22.3. The fourth-order valence-corrected chi connectivity index (χ4v) is 12.8. The predicted molar refractivity (Wildman–Crippen MR) is 348 cm³/mol. The Labute approximate surface area is 495 Å². The highest BCUT2D eigenvalue weighted by Crippen LogP contribution is 2.47. The number of hydrogen-bond acceptors (Lipinski definition) is 3. The van der Waals surface area contributed by atoms with Crippen molar-refractivity contribution in [2.75, 3.05) is 0 Å². The zero-order valence-electron chi connectivity index (χ0n) is 48.9. The van der Waals surface area contributed by atoms with Crippen molar-refractivity contribution in [2.24, 2.45) is 5.92 Å². The Morgan fingerprint density at radius 2 is 0.952 bits per heavy atom. The summed E-state index contributed by atoms with van der Waals surface area (Å²) in [6.45, 7) is 2.31. The minimum Gasteiger partial charge on any atom is -0.507 e. The molecule has 1 fully saturated rings. The minimum atomic E-state index is -1.53. The monoisotopic (exact) mass is 1080 g/mol. The molecule has 0 spiro atoms. The van der Waals surface area contributed by atoms with E-state index in [0.717, 1.165) is 115 Å². The fourth-order valence-electron chi connectivity index (χ4n) is 12.8. The van der Waals surface area contributed by atoms with Crippen molar-refractivity contribution in [1.82, 2.24) is 14.5 Å². The normalized spacial score (nSPS) is 13.2. The topological polar surface area (TPSA) is 50.9 Å². The number of nitrogens with zero attached hydrogens (tertiary/aromatic N) is 3. The highest BCUT2D eigenvalue weighted by Gasteiger charge is 2.31. The van der Waals surface area contributed by atoms with Crippen molar-refractivity contribution in [2.45, 2.75) is 44.4 Å². The second-order valence-corrected chi connectivity index (χ2v) is 22.3. The van der Waals surface area contributed by atoms with E-state index in [1.807, 2.05) is 85.1 Å². The van der Waals surface area contributed by atoms with Gasteiger partial charge in [-0.3, -0.25) is 9.55 Å². The van der Waals surface area contributed by atoms with E-state index in [2.05, 4.69) is 218 Å². The van der Waals surface area contributed by atoms with Crippen molar-refractivity contribution in [3.8, 4) is 101 Å². The molecule has 0 unspecified atom stereocenters. The fraction of sp³-hybridized carbons (Fsp3) is 0.100. The SMILES string of the molecule is [2H]C([2H])(c1ccc(-n2c(-c3cccc(-c4ccccc4-c4ccccc4)c3O)nc3c(-c4cc(-c5ccccc5)cc(-c5cc(-c6ccc(C(C)(c7ccccc7)c7ccccc7)cc6)ccn5)c4)cccc32)c(-c2ccccc2)c1)C1CCCC1. The lowest BCUT2D eigenvalue weighted by Crippen LogP contribution is -2.25. The van der Waals surface area contributed by atoms with E-state index in [-0.39, 0.29) is 17.1 Å². The average Bonchev–Trinajstić information content (AvgIpc) is 1.66. The van der Waals surface area contributed by atoms with Crippen molar-refractivity contribution >= 4 is 11.0 Å². The third-order valence-electron chi connectivity index (χ3n) is 17.2. The van der Waals surface area contributed by atoms with Gasteiger partial charge < -0.3 is 5.11 Å². The maximum Gasteiger partial charge on any atom is 0.149 e. The lowest BCUT2D eigenvalue weighted by Gasteiger charge is -2.32. The number of pyridine rings is 1. The van der Waals surface area contributed by atoms with Crippen LogP contribution in [0.15, 0.2) is 291 Å². The summed E-state index contributed by atoms with van der Waals surface area (Å²) >= 11 is 0. The van der Waals surface area contributed by atoms with Crippen LogP contribution in [0.25, 0.3) is 106 Å². The van der Waals surface area contributed by atoms with E-state index >= 15 is 0 Å². The summed E-state index contributed by atoms with van der Waals surface area (Å²) in [4.78, 5) is 10.8. The lowest BCUT2D eigenvalue weighted by atomic mass is 9.71. The van der Waals surface area contributed by atoms with Crippen LogP contribution in [-0.2, 0) is 11.8 Å². The van der Waals surface area contributed by atoms with E-state index in [1.54, 1.807) is 0 Å². The lowest BCUT2D eigenvalue weighted by molar-refractivity contribution is 0.479. The van der Waals surface area contributed by atoms with E-state index in [4.69, 9.17) is 9.97 Å². The van der Waals surface area contributed by atoms with Crippen LogP contribution in [0.1, 0.15) is 57.6 Å². The Hall–Kier alpha value is -10.2. The van der Waals surface area contributed by atoms with E-state index in [0.29, 0.717) is 22.5 Å². The van der Waals surface area contributed by atoms with Gasteiger partial charge in [0.25, 0.3) is 0 Å². The second kappa shape index (κ2) is 22.6. The molecule has 0 radical (unpaired) electrons. The number of aromatic hydroxyl groups is 1. The quantitative estimate of drug-likeness (QED) is 0.110. The van der Waals surface area contributed by atoms with Gasteiger partial charge in [0.05, 0.1) is 28.0 Å². The zero-order valence-corrected chi connectivity index (χ0v) is 46.9. The van der Waals surface area contributed by atoms with E-state index < -0.39 is 6.37 Å². The summed E-state index contributed by atoms with van der Waals surface area (Å²) in [5.74, 6) is 0.603. The number of phenolic OH excluding ortho intramolecular Hbond substituents is 1. The third kappa shape index (κ3) is 9.90. The first-order valence-electron chi connectivity index (χ1n) is 30.3. The number of phenols is 1. The molecule has 2 aromatic heterocycles. The van der Waals surface area contributed by atoms with Gasteiger partial charge in [-0.15, -0.1) is 0 Å². The Bertz CT molecular complexity index is 4520. The summed E-state index contributed by atoms with van der Waals surface area (Å²) in [7, 11) is 0. The Balaban J connectivity index is 0.948. The first kappa shape index (κ1) is 49.6. The number of imidazole rings is 1. The van der Waals surface area contributed by atoms with Crippen molar-refractivity contribution in [3.63, 3.8) is 0 Å². The molecule has 0 amide bonds. The molecule has 14 rings (SSSR count). The van der Waals surface area contributed by atoms with Gasteiger partial charge in [0.15, 0.2) is 0 Å². The first-order valence-corrected chi connectivity index (χ1v) is 29.3. The molecule has 1 saturated carbocycles. The highest BCUT2D eigenvalue weighted by atomic mass is 16.3. The maximum atomic E-state index is 13.0. The molecule has 1 aliphatic rings. The van der Waals surface area contributed by atoms with Gasteiger partial charge in [-0.1, -0.05) is 256 Å². The van der Waals surface area contributed by atoms with Gasteiger partial charge in [0.2, 0.25) is 0 Å². The molecular formula is C80H63N3O. The molecule has 0 bridgehead atoms. The summed E-state index contributed by atoms with van der Waals surface area (Å²) in [5.41, 5.74) is 20.3. The van der Waals surface area contributed by atoms with Crippen molar-refractivity contribution < 1.29 is 7.85 Å². The molecule has 0 saturated heterocycles. The van der Waals surface area contributed by atoms with Gasteiger partial charge in [-0.25, -0.2) is 4.98 Å². The minimum absolute atomic E-state index is 0.0643. The number of hydrogen-bond donors (Lipinski definition) is 1. The van der Waals surface area contributed by atoms with Crippen LogP contribution in [0.4, 0.5) is 0 Å². The molecule has 0 aliphatic heterocycles. The smallest absolute Gasteiger partial charge is 0.149 e. The highest BCUT2D eigenvalue weighted by molar-refractivity contribution is 5.99. The maximum absolute atomic E-state index is 13.0. The molecule has 84 heavy (non-hydrogen) atoms. The van der Waals surface area contributed by atoms with Crippen LogP contribution in [0.5, 0.6) is 5.75 Å². The van der Waals surface area contributed by atoms with Crippen LogP contribution in [0, 0.1) is 5.92 Å². The van der Waals surface area contributed by atoms with Crippen molar-refractivity contribution in [3.05, 3.63) is 314 Å². The number of rotatable bonds is 14. The number of aromatic nitrogens is 3. The average molecular weight is 1080 g/mol. The van der Waals surface area contributed by atoms with Crippen LogP contribution in [-0.4, -0.2) is 19.6 Å².